The van der Waals surface area contributed by atoms with Crippen LogP contribution in [0.5, 0.6) is 0 Å². The predicted molar refractivity (Wildman–Crippen MR) is 67.9 cm³/mol. The Morgan fingerprint density at radius 2 is 1.94 bits per heavy atom. The molecule has 1 aliphatic carbocycles. The molecular formula is C15H16O. The zero-order valence-electron chi connectivity index (χ0n) is 9.26. The van der Waals surface area contributed by atoms with Crippen LogP contribution in [0.25, 0.3) is 5.57 Å². The highest BCUT2D eigenvalue weighted by atomic mass is 16.3. The first kappa shape index (κ1) is 10.9. The van der Waals surface area contributed by atoms with Gasteiger partial charge in [0.15, 0.2) is 0 Å². The molecule has 1 atom stereocenters. The molecule has 1 nitrogen and oxygen atoms in total. The molecule has 0 amide bonds. The van der Waals surface area contributed by atoms with Gasteiger partial charge >= 0.3 is 0 Å². The second-order valence-corrected chi connectivity index (χ2v) is 3.98. The molecule has 0 aromatic heterocycles. The third-order valence-electron chi connectivity index (χ3n) is 2.81. The fourth-order valence-electron chi connectivity index (χ4n) is 1.85. The molecular weight excluding hydrogens is 196 g/mol. The van der Waals surface area contributed by atoms with Gasteiger partial charge in [0.1, 0.15) is 6.10 Å². The maximum atomic E-state index is 10.2. The molecule has 0 saturated heterocycles. The lowest BCUT2D eigenvalue weighted by Gasteiger charge is -2.17. The Hall–Kier alpha value is -1.60. The minimum atomic E-state index is -0.584. The maximum Gasteiger partial charge on any atom is 0.104 e. The van der Waals surface area contributed by atoms with E-state index in [2.05, 4.69) is 18.7 Å². The van der Waals surface area contributed by atoms with Gasteiger partial charge in [-0.05, 0) is 29.6 Å². The third-order valence-corrected chi connectivity index (χ3v) is 2.81. The van der Waals surface area contributed by atoms with Crippen molar-refractivity contribution in [3.8, 4) is 0 Å². The van der Waals surface area contributed by atoms with E-state index < -0.39 is 6.10 Å². The zero-order valence-corrected chi connectivity index (χ0v) is 9.26. The summed E-state index contributed by atoms with van der Waals surface area (Å²) in [5.74, 6) is 0. The summed E-state index contributed by atoms with van der Waals surface area (Å²) in [5, 5.41) is 10.2. The summed E-state index contributed by atoms with van der Waals surface area (Å²) in [6.07, 6.45) is 7.65. The Balaban J connectivity index is 2.16. The van der Waals surface area contributed by atoms with Gasteiger partial charge in [-0.1, -0.05) is 55.1 Å². The monoisotopic (exact) mass is 212 g/mol. The van der Waals surface area contributed by atoms with E-state index in [9.17, 15) is 5.11 Å². The maximum absolute atomic E-state index is 10.2. The highest BCUT2D eigenvalue weighted by molar-refractivity contribution is 5.70. The van der Waals surface area contributed by atoms with Crippen LogP contribution in [-0.2, 0) is 0 Å². The zero-order chi connectivity index (χ0) is 11.4. The van der Waals surface area contributed by atoms with E-state index >= 15 is 0 Å². The van der Waals surface area contributed by atoms with Gasteiger partial charge < -0.3 is 5.11 Å². The predicted octanol–water partition coefficient (Wildman–Crippen LogP) is 3.34. The molecule has 1 aromatic carbocycles. The summed E-state index contributed by atoms with van der Waals surface area (Å²) >= 11 is 0. The smallest absolute Gasteiger partial charge is 0.104 e. The molecule has 16 heavy (non-hydrogen) atoms. The first-order chi connectivity index (χ1) is 7.79. The fourth-order valence-corrected chi connectivity index (χ4v) is 1.85. The number of aliphatic hydroxyl groups is 1. The lowest BCUT2D eigenvalue weighted by Crippen LogP contribution is -2.11. The molecule has 0 radical (unpaired) electrons. The standard InChI is InChI=1S/C15H16O/c1-12(13-8-4-2-5-9-13)15(16)14-10-6-3-7-11-14/h2,4-6,8-11,15-16H,1,3,7H2/t15-/m1/s1. The van der Waals surface area contributed by atoms with Gasteiger partial charge in [-0.3, -0.25) is 0 Å². The first-order valence-electron chi connectivity index (χ1n) is 5.58. The van der Waals surface area contributed by atoms with Gasteiger partial charge in [0, 0.05) is 0 Å². The van der Waals surface area contributed by atoms with Crippen LogP contribution in [-0.4, -0.2) is 11.2 Å². The average Bonchev–Trinajstić information content (AvgIpc) is 2.39. The van der Waals surface area contributed by atoms with Crippen LogP contribution in [0.1, 0.15) is 18.4 Å². The number of rotatable bonds is 3. The summed E-state index contributed by atoms with van der Waals surface area (Å²) in [6.45, 7) is 3.98. The van der Waals surface area contributed by atoms with Crippen molar-refractivity contribution in [1.82, 2.24) is 0 Å². The summed E-state index contributed by atoms with van der Waals surface area (Å²) in [7, 11) is 0. The van der Waals surface area contributed by atoms with Crippen LogP contribution in [0.3, 0.4) is 0 Å². The van der Waals surface area contributed by atoms with E-state index in [4.69, 9.17) is 0 Å². The van der Waals surface area contributed by atoms with Crippen LogP contribution >= 0.6 is 0 Å². The molecule has 1 N–H and O–H groups in total. The summed E-state index contributed by atoms with van der Waals surface area (Å²) in [6, 6.07) is 9.82. The molecule has 82 valence electrons. The van der Waals surface area contributed by atoms with Crippen molar-refractivity contribution in [3.05, 3.63) is 66.3 Å². The number of aliphatic hydroxyl groups excluding tert-OH is 1. The van der Waals surface area contributed by atoms with Gasteiger partial charge in [-0.15, -0.1) is 0 Å². The van der Waals surface area contributed by atoms with Gasteiger partial charge in [-0.25, -0.2) is 0 Å². The number of hydrogen-bond acceptors (Lipinski definition) is 1. The second kappa shape index (κ2) is 4.95. The molecule has 0 unspecified atom stereocenters. The van der Waals surface area contributed by atoms with E-state index in [1.807, 2.05) is 36.4 Å². The lowest BCUT2D eigenvalue weighted by molar-refractivity contribution is 0.271. The van der Waals surface area contributed by atoms with Crippen molar-refractivity contribution in [1.29, 1.82) is 0 Å². The van der Waals surface area contributed by atoms with Gasteiger partial charge in [0.05, 0.1) is 0 Å². The van der Waals surface area contributed by atoms with Crippen LogP contribution in [0.4, 0.5) is 0 Å². The summed E-state index contributed by atoms with van der Waals surface area (Å²) in [5.41, 5.74) is 2.72. The molecule has 0 heterocycles. The molecule has 0 saturated carbocycles. The van der Waals surface area contributed by atoms with Gasteiger partial charge in [0.2, 0.25) is 0 Å². The average molecular weight is 212 g/mol. The van der Waals surface area contributed by atoms with Crippen molar-refractivity contribution < 1.29 is 5.11 Å². The molecule has 1 heteroatoms. The Morgan fingerprint density at radius 3 is 2.56 bits per heavy atom. The Kier molecular flexibility index (Phi) is 3.37. The molecule has 0 aliphatic heterocycles. The summed E-state index contributed by atoms with van der Waals surface area (Å²) < 4.78 is 0. The van der Waals surface area contributed by atoms with Crippen LogP contribution < -0.4 is 0 Å². The van der Waals surface area contributed by atoms with E-state index in [0.29, 0.717) is 0 Å². The molecule has 0 spiro atoms. The van der Waals surface area contributed by atoms with Crippen molar-refractivity contribution >= 4 is 5.57 Å². The van der Waals surface area contributed by atoms with Crippen molar-refractivity contribution in [3.63, 3.8) is 0 Å². The second-order valence-electron chi connectivity index (χ2n) is 3.98. The quantitative estimate of drug-likeness (QED) is 0.814. The van der Waals surface area contributed by atoms with E-state index in [1.54, 1.807) is 0 Å². The Morgan fingerprint density at radius 1 is 1.19 bits per heavy atom. The minimum Gasteiger partial charge on any atom is -0.384 e. The number of hydrogen-bond donors (Lipinski definition) is 1. The first-order valence-corrected chi connectivity index (χ1v) is 5.58. The SMILES string of the molecule is C=C(c1ccccc1)[C@@H](O)C1=CCCC=C1. The molecule has 1 aromatic rings. The van der Waals surface area contributed by atoms with Crippen LogP contribution in [0.15, 0.2) is 60.7 Å². The van der Waals surface area contributed by atoms with Gasteiger partial charge in [0.25, 0.3) is 0 Å². The topological polar surface area (TPSA) is 20.2 Å². The Bertz CT molecular complexity index is 426. The minimum absolute atomic E-state index is 0.584. The Labute approximate surface area is 96.4 Å². The van der Waals surface area contributed by atoms with E-state index in [0.717, 1.165) is 29.6 Å². The normalized spacial score (nSPS) is 16.7. The van der Waals surface area contributed by atoms with Crippen molar-refractivity contribution in [2.45, 2.75) is 18.9 Å². The fraction of sp³-hybridized carbons (Fsp3) is 0.200. The highest BCUT2D eigenvalue weighted by Crippen LogP contribution is 2.24. The van der Waals surface area contributed by atoms with Crippen LogP contribution in [0.2, 0.25) is 0 Å². The largest absolute Gasteiger partial charge is 0.384 e. The van der Waals surface area contributed by atoms with Crippen molar-refractivity contribution in [2.75, 3.05) is 0 Å². The van der Waals surface area contributed by atoms with E-state index in [1.165, 1.54) is 0 Å². The van der Waals surface area contributed by atoms with E-state index in [-0.39, 0.29) is 0 Å². The summed E-state index contributed by atoms with van der Waals surface area (Å²) in [4.78, 5) is 0. The number of benzene rings is 1. The van der Waals surface area contributed by atoms with Crippen LogP contribution in [0, 0.1) is 0 Å². The highest BCUT2D eigenvalue weighted by Gasteiger charge is 2.14. The van der Waals surface area contributed by atoms with Crippen molar-refractivity contribution in [2.24, 2.45) is 0 Å². The number of allylic oxidation sites excluding steroid dienone is 2. The molecule has 1 aliphatic rings. The molecule has 0 fully saturated rings. The molecule has 2 rings (SSSR count). The third kappa shape index (κ3) is 2.31. The molecule has 0 bridgehead atoms. The van der Waals surface area contributed by atoms with Gasteiger partial charge in [-0.2, -0.15) is 0 Å². The lowest BCUT2D eigenvalue weighted by atomic mass is 9.93.